The Kier molecular flexibility index (Phi) is 6.56. The van der Waals surface area contributed by atoms with Crippen molar-refractivity contribution in [3.8, 4) is 0 Å². The fraction of sp³-hybridized carbons (Fsp3) is 0.467. The van der Waals surface area contributed by atoms with Crippen LogP contribution in [0.2, 0.25) is 0 Å². The molecule has 0 spiro atoms. The van der Waals surface area contributed by atoms with Crippen molar-refractivity contribution in [1.29, 1.82) is 0 Å². The first-order valence-electron chi connectivity index (χ1n) is 6.93. The lowest BCUT2D eigenvalue weighted by atomic mass is 10.1. The van der Waals surface area contributed by atoms with E-state index in [4.69, 9.17) is 5.11 Å². The highest BCUT2D eigenvalue weighted by atomic mass is 16.4. The number of hydrogen-bond acceptors (Lipinski definition) is 2. The SMILES string of the molecule is CCCC(NC(=O)NC(CC)c1ccccc1)C(=O)O. The molecule has 1 aromatic carbocycles. The number of carbonyl (C=O) groups excluding carboxylic acids is 1. The molecular formula is C15H22N2O3. The second-order valence-corrected chi connectivity index (χ2v) is 4.67. The summed E-state index contributed by atoms with van der Waals surface area (Å²) in [6.45, 7) is 3.85. The number of carboxylic acids is 1. The summed E-state index contributed by atoms with van der Waals surface area (Å²) >= 11 is 0. The zero-order valence-electron chi connectivity index (χ0n) is 11.9. The van der Waals surface area contributed by atoms with Crippen LogP contribution in [-0.4, -0.2) is 23.1 Å². The van der Waals surface area contributed by atoms with Crippen LogP contribution in [-0.2, 0) is 4.79 Å². The molecule has 1 rings (SSSR count). The molecule has 0 aliphatic carbocycles. The van der Waals surface area contributed by atoms with Crippen molar-refractivity contribution in [2.75, 3.05) is 0 Å². The van der Waals surface area contributed by atoms with Gasteiger partial charge in [-0.2, -0.15) is 0 Å². The summed E-state index contributed by atoms with van der Waals surface area (Å²) in [4.78, 5) is 22.9. The van der Waals surface area contributed by atoms with Crippen LogP contribution in [0.25, 0.3) is 0 Å². The standard InChI is InChI=1S/C15H22N2O3/c1-3-8-13(14(18)19)17-15(20)16-12(4-2)11-9-6-5-7-10-11/h5-7,9-10,12-13H,3-4,8H2,1-2H3,(H,18,19)(H2,16,17,20). The van der Waals surface area contributed by atoms with E-state index < -0.39 is 18.0 Å². The quantitative estimate of drug-likeness (QED) is 0.717. The Morgan fingerprint density at radius 3 is 2.30 bits per heavy atom. The number of hydrogen-bond donors (Lipinski definition) is 3. The van der Waals surface area contributed by atoms with Gasteiger partial charge in [-0.3, -0.25) is 0 Å². The fourth-order valence-corrected chi connectivity index (χ4v) is 2.01. The third-order valence-electron chi connectivity index (χ3n) is 3.10. The van der Waals surface area contributed by atoms with E-state index in [1.54, 1.807) is 0 Å². The van der Waals surface area contributed by atoms with Crippen LogP contribution in [0.3, 0.4) is 0 Å². The van der Waals surface area contributed by atoms with Gasteiger partial charge in [0.1, 0.15) is 6.04 Å². The summed E-state index contributed by atoms with van der Waals surface area (Å²) in [5, 5.41) is 14.3. The first kappa shape index (κ1) is 16.0. The molecule has 2 atom stereocenters. The number of aliphatic carboxylic acids is 1. The summed E-state index contributed by atoms with van der Waals surface area (Å²) in [5.74, 6) is -1.00. The minimum Gasteiger partial charge on any atom is -0.480 e. The highest BCUT2D eigenvalue weighted by molar-refractivity contribution is 5.82. The average molecular weight is 278 g/mol. The number of carboxylic acid groups (broad SMARTS) is 1. The highest BCUT2D eigenvalue weighted by Gasteiger charge is 2.20. The third-order valence-corrected chi connectivity index (χ3v) is 3.10. The van der Waals surface area contributed by atoms with E-state index in [1.165, 1.54) is 0 Å². The molecule has 0 fully saturated rings. The Balaban J connectivity index is 2.61. The zero-order valence-corrected chi connectivity index (χ0v) is 11.9. The number of nitrogens with one attached hydrogen (secondary N) is 2. The van der Waals surface area contributed by atoms with Gasteiger partial charge in [-0.05, 0) is 18.4 Å². The number of benzene rings is 1. The third kappa shape index (κ3) is 4.91. The van der Waals surface area contributed by atoms with E-state index in [1.807, 2.05) is 44.2 Å². The molecule has 0 aliphatic heterocycles. The number of urea groups is 1. The fourth-order valence-electron chi connectivity index (χ4n) is 2.01. The Bertz CT molecular complexity index is 434. The Morgan fingerprint density at radius 1 is 1.15 bits per heavy atom. The van der Waals surface area contributed by atoms with Crippen LogP contribution >= 0.6 is 0 Å². The molecule has 2 unspecified atom stereocenters. The molecule has 0 radical (unpaired) electrons. The molecule has 0 aliphatic rings. The number of amides is 2. The van der Waals surface area contributed by atoms with Gasteiger partial charge < -0.3 is 15.7 Å². The summed E-state index contributed by atoms with van der Waals surface area (Å²) in [5.41, 5.74) is 1.01. The lowest BCUT2D eigenvalue weighted by Crippen LogP contribution is -2.46. The first-order chi connectivity index (χ1) is 9.58. The predicted molar refractivity (Wildman–Crippen MR) is 77.5 cm³/mol. The van der Waals surface area contributed by atoms with Gasteiger partial charge in [0.05, 0.1) is 6.04 Å². The highest BCUT2D eigenvalue weighted by Crippen LogP contribution is 2.15. The molecule has 3 N–H and O–H groups in total. The van der Waals surface area contributed by atoms with Crippen LogP contribution in [0.5, 0.6) is 0 Å². The molecule has 0 heterocycles. The van der Waals surface area contributed by atoms with Crippen molar-refractivity contribution < 1.29 is 14.7 Å². The number of carbonyl (C=O) groups is 2. The largest absolute Gasteiger partial charge is 0.480 e. The molecule has 5 nitrogen and oxygen atoms in total. The second kappa shape index (κ2) is 8.19. The molecule has 0 saturated heterocycles. The van der Waals surface area contributed by atoms with Crippen molar-refractivity contribution in [1.82, 2.24) is 10.6 Å². The molecule has 5 heteroatoms. The minimum absolute atomic E-state index is 0.118. The maximum Gasteiger partial charge on any atom is 0.326 e. The monoisotopic (exact) mass is 278 g/mol. The topological polar surface area (TPSA) is 78.4 Å². The van der Waals surface area contributed by atoms with Crippen LogP contribution in [0.15, 0.2) is 30.3 Å². The van der Waals surface area contributed by atoms with Gasteiger partial charge in [0.15, 0.2) is 0 Å². The molecule has 0 bridgehead atoms. The minimum atomic E-state index is -1.00. The average Bonchev–Trinajstić information content (AvgIpc) is 2.45. The summed E-state index contributed by atoms with van der Waals surface area (Å²) in [6, 6.07) is 8.22. The summed E-state index contributed by atoms with van der Waals surface area (Å²) in [7, 11) is 0. The smallest absolute Gasteiger partial charge is 0.326 e. The van der Waals surface area contributed by atoms with Crippen LogP contribution in [0, 0.1) is 0 Å². The van der Waals surface area contributed by atoms with Crippen molar-refractivity contribution in [3.63, 3.8) is 0 Å². The van der Waals surface area contributed by atoms with E-state index in [2.05, 4.69) is 10.6 Å². The van der Waals surface area contributed by atoms with E-state index in [0.29, 0.717) is 12.8 Å². The normalized spacial score (nSPS) is 13.3. The number of rotatable bonds is 7. The van der Waals surface area contributed by atoms with Gasteiger partial charge in [-0.25, -0.2) is 9.59 Å². The van der Waals surface area contributed by atoms with Crippen LogP contribution in [0.4, 0.5) is 4.79 Å². The zero-order chi connectivity index (χ0) is 15.0. The first-order valence-corrected chi connectivity index (χ1v) is 6.93. The second-order valence-electron chi connectivity index (χ2n) is 4.67. The van der Waals surface area contributed by atoms with Gasteiger partial charge in [0, 0.05) is 0 Å². The van der Waals surface area contributed by atoms with Gasteiger partial charge in [0.25, 0.3) is 0 Å². The summed E-state index contributed by atoms with van der Waals surface area (Å²) < 4.78 is 0. The summed E-state index contributed by atoms with van der Waals surface area (Å²) in [6.07, 6.45) is 1.86. The maximum atomic E-state index is 11.9. The van der Waals surface area contributed by atoms with Crippen molar-refractivity contribution in [3.05, 3.63) is 35.9 Å². The maximum absolute atomic E-state index is 11.9. The Morgan fingerprint density at radius 2 is 1.80 bits per heavy atom. The Hall–Kier alpha value is -2.04. The van der Waals surface area contributed by atoms with Crippen molar-refractivity contribution in [2.45, 2.75) is 45.2 Å². The van der Waals surface area contributed by atoms with E-state index in [9.17, 15) is 9.59 Å². The van der Waals surface area contributed by atoms with E-state index in [-0.39, 0.29) is 6.04 Å². The lowest BCUT2D eigenvalue weighted by molar-refractivity contribution is -0.139. The van der Waals surface area contributed by atoms with E-state index in [0.717, 1.165) is 12.0 Å². The van der Waals surface area contributed by atoms with Gasteiger partial charge in [-0.1, -0.05) is 50.6 Å². The molecule has 110 valence electrons. The molecular weight excluding hydrogens is 256 g/mol. The molecule has 2 amide bonds. The molecule has 0 saturated carbocycles. The van der Waals surface area contributed by atoms with Gasteiger partial charge >= 0.3 is 12.0 Å². The molecule has 20 heavy (non-hydrogen) atoms. The van der Waals surface area contributed by atoms with Crippen molar-refractivity contribution in [2.24, 2.45) is 0 Å². The van der Waals surface area contributed by atoms with Crippen molar-refractivity contribution >= 4 is 12.0 Å². The van der Waals surface area contributed by atoms with Gasteiger partial charge in [0.2, 0.25) is 0 Å². The molecule has 0 aromatic heterocycles. The van der Waals surface area contributed by atoms with Crippen LogP contribution in [0.1, 0.15) is 44.7 Å². The lowest BCUT2D eigenvalue weighted by Gasteiger charge is -2.20. The van der Waals surface area contributed by atoms with Gasteiger partial charge in [-0.15, -0.1) is 0 Å². The van der Waals surface area contributed by atoms with Crippen LogP contribution < -0.4 is 10.6 Å². The predicted octanol–water partition coefficient (Wildman–Crippen LogP) is 2.69. The Labute approximate surface area is 119 Å². The molecule has 1 aromatic rings. The van der Waals surface area contributed by atoms with E-state index >= 15 is 0 Å².